The first-order valence-corrected chi connectivity index (χ1v) is 6.46. The minimum Gasteiger partial charge on any atom is -0.444 e. The molecule has 1 N–H and O–H groups in total. The van der Waals surface area contributed by atoms with E-state index in [4.69, 9.17) is 16.3 Å². The van der Waals surface area contributed by atoms with Gasteiger partial charge < -0.3 is 10.1 Å². The maximum Gasteiger partial charge on any atom is 0.407 e. The van der Waals surface area contributed by atoms with Crippen molar-refractivity contribution in [3.05, 3.63) is 34.9 Å². The van der Waals surface area contributed by atoms with E-state index in [9.17, 15) is 4.79 Å². The van der Waals surface area contributed by atoms with Gasteiger partial charge in [-0.25, -0.2) is 4.79 Å². The first kappa shape index (κ1) is 15.4. The van der Waals surface area contributed by atoms with Crippen LogP contribution < -0.4 is 5.32 Å². The van der Waals surface area contributed by atoms with E-state index in [1.165, 1.54) is 0 Å². The molecule has 0 atom stereocenters. The SMILES string of the molecule is CC(C)(C)OC(=O)NCCC#Cc1ccccc1Cl. The predicted molar refractivity (Wildman–Crippen MR) is 77.2 cm³/mol. The van der Waals surface area contributed by atoms with Crippen LogP contribution in [0.2, 0.25) is 5.02 Å². The number of hydrogen-bond donors (Lipinski definition) is 1. The highest BCUT2D eigenvalue weighted by Crippen LogP contribution is 2.12. The van der Waals surface area contributed by atoms with Crippen LogP contribution in [-0.2, 0) is 4.74 Å². The Kier molecular flexibility index (Phi) is 5.72. The Morgan fingerprint density at radius 1 is 1.37 bits per heavy atom. The Labute approximate surface area is 119 Å². The van der Waals surface area contributed by atoms with Crippen LogP contribution in [0.4, 0.5) is 4.79 Å². The van der Waals surface area contributed by atoms with Gasteiger partial charge in [0.05, 0.1) is 5.02 Å². The highest BCUT2D eigenvalue weighted by molar-refractivity contribution is 6.31. The van der Waals surface area contributed by atoms with Crippen molar-refractivity contribution in [1.82, 2.24) is 5.32 Å². The fourth-order valence-corrected chi connectivity index (χ4v) is 1.44. The molecule has 1 rings (SSSR count). The quantitative estimate of drug-likeness (QED) is 0.663. The van der Waals surface area contributed by atoms with Gasteiger partial charge in [0.2, 0.25) is 0 Å². The first-order valence-electron chi connectivity index (χ1n) is 6.09. The van der Waals surface area contributed by atoms with E-state index >= 15 is 0 Å². The lowest BCUT2D eigenvalue weighted by Crippen LogP contribution is -2.32. The molecule has 4 heteroatoms. The van der Waals surface area contributed by atoms with Crippen LogP contribution >= 0.6 is 11.6 Å². The van der Waals surface area contributed by atoms with Crippen LogP contribution in [0.3, 0.4) is 0 Å². The molecule has 1 amide bonds. The third kappa shape index (κ3) is 6.73. The van der Waals surface area contributed by atoms with Crippen molar-refractivity contribution in [2.75, 3.05) is 6.54 Å². The van der Waals surface area contributed by atoms with E-state index < -0.39 is 11.7 Å². The van der Waals surface area contributed by atoms with Crippen molar-refractivity contribution in [3.8, 4) is 11.8 Å². The Morgan fingerprint density at radius 3 is 2.68 bits per heavy atom. The monoisotopic (exact) mass is 279 g/mol. The highest BCUT2D eigenvalue weighted by atomic mass is 35.5. The van der Waals surface area contributed by atoms with Gasteiger partial charge in [-0.3, -0.25) is 0 Å². The summed E-state index contributed by atoms with van der Waals surface area (Å²) in [5.41, 5.74) is 0.314. The van der Waals surface area contributed by atoms with Gasteiger partial charge in [-0.2, -0.15) is 0 Å². The number of amides is 1. The number of alkyl carbamates (subject to hydrolysis) is 1. The second-order valence-electron chi connectivity index (χ2n) is 4.96. The molecule has 0 fully saturated rings. The zero-order valence-corrected chi connectivity index (χ0v) is 12.2. The Balaban J connectivity index is 2.33. The molecule has 0 aromatic heterocycles. The number of benzene rings is 1. The molecular formula is C15H18ClNO2. The first-order chi connectivity index (χ1) is 8.88. The van der Waals surface area contributed by atoms with Crippen molar-refractivity contribution < 1.29 is 9.53 Å². The summed E-state index contributed by atoms with van der Waals surface area (Å²) in [6.07, 6.45) is 0.122. The third-order valence-corrected chi connectivity index (χ3v) is 2.34. The van der Waals surface area contributed by atoms with E-state index in [0.29, 0.717) is 18.0 Å². The van der Waals surface area contributed by atoms with E-state index in [1.54, 1.807) is 6.07 Å². The average Bonchev–Trinajstić information content (AvgIpc) is 2.28. The van der Waals surface area contributed by atoms with Crippen molar-refractivity contribution in [1.29, 1.82) is 0 Å². The van der Waals surface area contributed by atoms with Crippen molar-refractivity contribution >= 4 is 17.7 Å². The third-order valence-electron chi connectivity index (χ3n) is 2.02. The van der Waals surface area contributed by atoms with Crippen molar-refractivity contribution in [2.24, 2.45) is 0 Å². The Hall–Kier alpha value is -1.66. The fraction of sp³-hybridized carbons (Fsp3) is 0.400. The average molecular weight is 280 g/mol. The summed E-state index contributed by atoms with van der Waals surface area (Å²) < 4.78 is 5.10. The smallest absolute Gasteiger partial charge is 0.407 e. The second kappa shape index (κ2) is 7.06. The summed E-state index contributed by atoms with van der Waals surface area (Å²) in [7, 11) is 0. The number of carbonyl (C=O) groups is 1. The molecule has 0 heterocycles. The standard InChI is InChI=1S/C15H18ClNO2/c1-15(2,3)19-14(18)17-11-7-6-9-12-8-4-5-10-13(12)16/h4-5,8,10H,7,11H2,1-3H3,(H,17,18). The normalized spacial score (nSPS) is 10.3. The summed E-state index contributed by atoms with van der Waals surface area (Å²) in [6, 6.07) is 7.40. The lowest BCUT2D eigenvalue weighted by molar-refractivity contribution is 0.0529. The molecule has 0 aliphatic carbocycles. The number of nitrogens with one attached hydrogen (secondary N) is 1. The summed E-state index contributed by atoms with van der Waals surface area (Å²) in [5.74, 6) is 5.92. The lowest BCUT2D eigenvalue weighted by Gasteiger charge is -2.19. The fourth-order valence-electron chi connectivity index (χ4n) is 1.26. The molecule has 102 valence electrons. The molecule has 0 aliphatic rings. The van der Waals surface area contributed by atoms with Crippen LogP contribution in [0.5, 0.6) is 0 Å². The molecule has 19 heavy (non-hydrogen) atoms. The number of halogens is 1. The van der Waals surface area contributed by atoms with E-state index in [-0.39, 0.29) is 0 Å². The van der Waals surface area contributed by atoms with Crippen LogP contribution in [-0.4, -0.2) is 18.2 Å². The van der Waals surface area contributed by atoms with E-state index in [2.05, 4.69) is 17.2 Å². The molecule has 0 saturated carbocycles. The zero-order chi connectivity index (χ0) is 14.3. The summed E-state index contributed by atoms with van der Waals surface area (Å²) in [4.78, 5) is 11.3. The molecule has 1 aromatic carbocycles. The van der Waals surface area contributed by atoms with E-state index in [1.807, 2.05) is 39.0 Å². The van der Waals surface area contributed by atoms with Gasteiger partial charge in [0.25, 0.3) is 0 Å². The molecule has 0 spiro atoms. The van der Waals surface area contributed by atoms with Gasteiger partial charge in [0.15, 0.2) is 0 Å². The maximum absolute atomic E-state index is 11.3. The largest absolute Gasteiger partial charge is 0.444 e. The molecule has 0 unspecified atom stereocenters. The molecule has 0 aliphatic heterocycles. The number of ether oxygens (including phenoxy) is 1. The van der Waals surface area contributed by atoms with Gasteiger partial charge in [-0.15, -0.1) is 0 Å². The van der Waals surface area contributed by atoms with Crippen LogP contribution in [0.25, 0.3) is 0 Å². The molecular weight excluding hydrogens is 262 g/mol. The molecule has 0 saturated heterocycles. The summed E-state index contributed by atoms with van der Waals surface area (Å²) in [5, 5.41) is 3.28. The highest BCUT2D eigenvalue weighted by Gasteiger charge is 2.15. The topological polar surface area (TPSA) is 38.3 Å². The zero-order valence-electron chi connectivity index (χ0n) is 11.4. The second-order valence-corrected chi connectivity index (χ2v) is 5.37. The minimum atomic E-state index is -0.479. The molecule has 0 bridgehead atoms. The van der Waals surface area contributed by atoms with Gasteiger partial charge in [-0.1, -0.05) is 35.6 Å². The van der Waals surface area contributed by atoms with Crippen LogP contribution in [0.15, 0.2) is 24.3 Å². The van der Waals surface area contributed by atoms with Gasteiger partial charge in [0, 0.05) is 18.5 Å². The van der Waals surface area contributed by atoms with Crippen LogP contribution in [0, 0.1) is 11.8 Å². The predicted octanol–water partition coefficient (Wildman–Crippen LogP) is 3.61. The number of rotatable bonds is 2. The molecule has 3 nitrogen and oxygen atoms in total. The Morgan fingerprint density at radius 2 is 2.05 bits per heavy atom. The summed E-state index contributed by atoms with van der Waals surface area (Å²) in [6.45, 7) is 5.92. The Bertz CT molecular complexity index is 495. The van der Waals surface area contributed by atoms with Gasteiger partial charge in [0.1, 0.15) is 5.60 Å². The van der Waals surface area contributed by atoms with Gasteiger partial charge in [-0.05, 0) is 32.9 Å². The van der Waals surface area contributed by atoms with Gasteiger partial charge >= 0.3 is 6.09 Å². The van der Waals surface area contributed by atoms with Crippen molar-refractivity contribution in [3.63, 3.8) is 0 Å². The van der Waals surface area contributed by atoms with Crippen LogP contribution in [0.1, 0.15) is 32.8 Å². The number of carbonyl (C=O) groups excluding carboxylic acids is 1. The van der Waals surface area contributed by atoms with E-state index in [0.717, 1.165) is 5.56 Å². The molecule has 0 radical (unpaired) electrons. The van der Waals surface area contributed by atoms with Crippen molar-refractivity contribution in [2.45, 2.75) is 32.8 Å². The lowest BCUT2D eigenvalue weighted by atomic mass is 10.2. The molecule has 1 aromatic rings. The number of hydrogen-bond acceptors (Lipinski definition) is 2. The minimum absolute atomic E-state index is 0.424. The summed E-state index contributed by atoms with van der Waals surface area (Å²) >= 11 is 5.97. The maximum atomic E-state index is 11.3.